The highest BCUT2D eigenvalue weighted by molar-refractivity contribution is 6.31. The van der Waals surface area contributed by atoms with Crippen molar-refractivity contribution in [3.8, 4) is 5.75 Å². The Bertz CT molecular complexity index is 1120. The Morgan fingerprint density at radius 3 is 2.00 bits per heavy atom. The number of hydrogen-bond donors (Lipinski definition) is 1. The van der Waals surface area contributed by atoms with Gasteiger partial charge in [-0.2, -0.15) is 0 Å². The van der Waals surface area contributed by atoms with Gasteiger partial charge in [-0.1, -0.05) is 59.9 Å². The van der Waals surface area contributed by atoms with Crippen molar-refractivity contribution in [2.24, 2.45) is 0 Å². The molecule has 1 amide bonds. The summed E-state index contributed by atoms with van der Waals surface area (Å²) in [6.45, 7) is 5.45. The molecule has 0 aromatic heterocycles. The van der Waals surface area contributed by atoms with Gasteiger partial charge in [0.05, 0.1) is 0 Å². The van der Waals surface area contributed by atoms with Gasteiger partial charge in [0.25, 0.3) is 5.91 Å². The average molecular weight is 509 g/mol. The number of benzene rings is 3. The lowest BCUT2D eigenvalue weighted by Crippen LogP contribution is -2.51. The van der Waals surface area contributed by atoms with Crippen LogP contribution in [-0.2, 0) is 10.2 Å². The Hall–Kier alpha value is -2.27. The first-order valence-electron chi connectivity index (χ1n) is 10.5. The van der Waals surface area contributed by atoms with Gasteiger partial charge >= 0.3 is 0 Å². The minimum absolute atomic E-state index is 0.149. The molecule has 33 heavy (non-hydrogen) atoms. The molecule has 0 aliphatic rings. The minimum atomic E-state index is -1.17. The van der Waals surface area contributed by atoms with Crippen LogP contribution in [0.5, 0.6) is 5.75 Å². The summed E-state index contributed by atoms with van der Waals surface area (Å²) in [6.07, 6.45) is 0.520. The fourth-order valence-corrected chi connectivity index (χ4v) is 4.22. The van der Waals surface area contributed by atoms with Crippen molar-refractivity contribution in [2.75, 3.05) is 6.54 Å². The Labute approximate surface area is 208 Å². The normalized spacial score (nSPS) is 13.3. The lowest BCUT2D eigenvalue weighted by molar-refractivity contribution is -0.134. The molecule has 7 heteroatoms. The highest BCUT2D eigenvalue weighted by atomic mass is 35.5. The number of nitrogens with one attached hydrogen (secondary N) is 1. The third kappa shape index (κ3) is 5.81. The molecule has 0 spiro atoms. The zero-order valence-electron chi connectivity index (χ0n) is 18.6. The van der Waals surface area contributed by atoms with Crippen LogP contribution in [0.3, 0.4) is 0 Å². The summed E-state index contributed by atoms with van der Waals surface area (Å²) < 4.78 is 21.0. The molecule has 3 nitrogen and oxygen atoms in total. The fraction of sp³-hybridized carbons (Fsp3) is 0.269. The van der Waals surface area contributed by atoms with Gasteiger partial charge in [-0.05, 0) is 74.4 Å². The summed E-state index contributed by atoms with van der Waals surface area (Å²) in [5.41, 5.74) is -0.752. The van der Waals surface area contributed by atoms with E-state index in [4.69, 9.17) is 39.5 Å². The molecule has 3 aromatic carbocycles. The second-order valence-corrected chi connectivity index (χ2v) is 9.62. The smallest absolute Gasteiger partial charge is 0.263 e. The van der Waals surface area contributed by atoms with Crippen molar-refractivity contribution < 1.29 is 13.9 Å². The van der Waals surface area contributed by atoms with Crippen molar-refractivity contribution in [1.82, 2.24) is 5.32 Å². The van der Waals surface area contributed by atoms with Gasteiger partial charge in [0, 0.05) is 32.6 Å². The monoisotopic (exact) mass is 507 g/mol. The highest BCUT2D eigenvalue weighted by Crippen LogP contribution is 2.38. The maximum Gasteiger partial charge on any atom is 0.263 e. The maximum absolute atomic E-state index is 15.1. The van der Waals surface area contributed by atoms with Gasteiger partial charge in [0.1, 0.15) is 11.6 Å². The molecule has 0 aliphatic carbocycles. The van der Waals surface area contributed by atoms with Crippen LogP contribution in [0.2, 0.25) is 15.1 Å². The van der Waals surface area contributed by atoms with Crippen LogP contribution in [0.1, 0.15) is 38.3 Å². The Balaban J connectivity index is 1.92. The summed E-state index contributed by atoms with van der Waals surface area (Å²) in [4.78, 5) is 13.2. The molecule has 0 aliphatic heterocycles. The van der Waals surface area contributed by atoms with Crippen LogP contribution in [0.15, 0.2) is 66.7 Å². The Morgan fingerprint density at radius 2 is 1.45 bits per heavy atom. The molecule has 3 rings (SSSR count). The molecule has 1 atom stereocenters. The van der Waals surface area contributed by atoms with E-state index in [-0.39, 0.29) is 12.5 Å². The molecule has 0 radical (unpaired) electrons. The third-order valence-electron chi connectivity index (χ3n) is 5.73. The number of halogens is 4. The molecule has 0 heterocycles. The molecule has 0 saturated heterocycles. The van der Waals surface area contributed by atoms with E-state index in [1.165, 1.54) is 6.07 Å². The van der Waals surface area contributed by atoms with E-state index in [1.807, 2.05) is 19.1 Å². The topological polar surface area (TPSA) is 38.3 Å². The van der Waals surface area contributed by atoms with E-state index < -0.39 is 16.8 Å². The van der Waals surface area contributed by atoms with Crippen LogP contribution >= 0.6 is 34.8 Å². The predicted molar refractivity (Wildman–Crippen MR) is 133 cm³/mol. The van der Waals surface area contributed by atoms with E-state index in [9.17, 15) is 4.79 Å². The van der Waals surface area contributed by atoms with Crippen molar-refractivity contribution in [3.05, 3.63) is 98.7 Å². The predicted octanol–water partition coefficient (Wildman–Crippen LogP) is 7.46. The molecule has 0 bridgehead atoms. The van der Waals surface area contributed by atoms with E-state index in [2.05, 4.69) is 5.32 Å². The summed E-state index contributed by atoms with van der Waals surface area (Å²) in [6, 6.07) is 18.6. The van der Waals surface area contributed by atoms with Gasteiger partial charge < -0.3 is 10.1 Å². The fourth-order valence-electron chi connectivity index (χ4n) is 3.81. The summed E-state index contributed by atoms with van der Waals surface area (Å²) in [5.74, 6) is -0.258. The first-order chi connectivity index (χ1) is 15.6. The molecule has 1 N–H and O–H groups in total. The Morgan fingerprint density at radius 1 is 0.909 bits per heavy atom. The minimum Gasteiger partial charge on any atom is -0.478 e. The Kier molecular flexibility index (Phi) is 7.94. The van der Waals surface area contributed by atoms with E-state index in [0.29, 0.717) is 32.8 Å². The van der Waals surface area contributed by atoms with Gasteiger partial charge in [-0.3, -0.25) is 4.79 Å². The summed E-state index contributed by atoms with van der Waals surface area (Å²) >= 11 is 18.0. The van der Waals surface area contributed by atoms with E-state index in [0.717, 1.165) is 5.56 Å². The number of ether oxygens (including phenoxy) is 1. The van der Waals surface area contributed by atoms with Crippen molar-refractivity contribution in [3.63, 3.8) is 0 Å². The SMILES string of the molecule is CCC(CNC(=O)C(C)(C)Oc1ccc(Cl)cc1)(c1ccc(Cl)cc1)c1ccc(Cl)cc1F. The third-order valence-corrected chi connectivity index (χ3v) is 6.47. The summed E-state index contributed by atoms with van der Waals surface area (Å²) in [5, 5.41) is 4.43. The first-order valence-corrected chi connectivity index (χ1v) is 11.7. The quantitative estimate of drug-likeness (QED) is 0.343. The standard InChI is InChI=1S/C26H25Cl3FNO2/c1-4-26(17-5-7-18(27)8-6-17,22-14-11-20(29)15-23(22)30)16-31-24(32)25(2,3)33-21-12-9-19(28)10-13-21/h5-15H,4,16H2,1-3H3,(H,31,32). The van der Waals surface area contributed by atoms with Crippen molar-refractivity contribution in [1.29, 1.82) is 0 Å². The number of carbonyl (C=O) groups excluding carboxylic acids is 1. The molecular formula is C26H25Cl3FNO2. The van der Waals surface area contributed by atoms with E-state index in [1.54, 1.807) is 62.4 Å². The number of hydrogen-bond acceptors (Lipinski definition) is 2. The lowest BCUT2D eigenvalue weighted by Gasteiger charge is -2.36. The maximum atomic E-state index is 15.1. The first kappa shape index (κ1) is 25.4. The molecule has 0 fully saturated rings. The number of rotatable bonds is 8. The number of carbonyl (C=O) groups is 1. The van der Waals surface area contributed by atoms with Crippen LogP contribution in [0.4, 0.5) is 4.39 Å². The molecule has 1 unspecified atom stereocenters. The average Bonchev–Trinajstić information content (AvgIpc) is 2.77. The van der Waals surface area contributed by atoms with Gasteiger partial charge in [0.15, 0.2) is 5.60 Å². The zero-order valence-corrected chi connectivity index (χ0v) is 20.9. The van der Waals surface area contributed by atoms with Crippen LogP contribution in [0.25, 0.3) is 0 Å². The lowest BCUT2D eigenvalue weighted by atomic mass is 9.72. The molecular weight excluding hydrogens is 484 g/mol. The molecule has 3 aromatic rings. The molecule has 174 valence electrons. The molecule has 0 saturated carbocycles. The van der Waals surface area contributed by atoms with Gasteiger partial charge in [0.2, 0.25) is 0 Å². The van der Waals surface area contributed by atoms with Gasteiger partial charge in [-0.25, -0.2) is 4.39 Å². The van der Waals surface area contributed by atoms with Crippen LogP contribution in [-0.4, -0.2) is 18.1 Å². The van der Waals surface area contributed by atoms with Gasteiger partial charge in [-0.15, -0.1) is 0 Å². The van der Waals surface area contributed by atoms with E-state index >= 15 is 4.39 Å². The van der Waals surface area contributed by atoms with Crippen molar-refractivity contribution in [2.45, 2.75) is 38.2 Å². The van der Waals surface area contributed by atoms with Crippen LogP contribution < -0.4 is 10.1 Å². The zero-order chi connectivity index (χ0) is 24.2. The second-order valence-electron chi connectivity index (χ2n) is 8.32. The largest absolute Gasteiger partial charge is 0.478 e. The van der Waals surface area contributed by atoms with Crippen LogP contribution in [0, 0.1) is 5.82 Å². The second kappa shape index (κ2) is 10.3. The number of amides is 1. The summed E-state index contributed by atoms with van der Waals surface area (Å²) in [7, 11) is 0. The highest BCUT2D eigenvalue weighted by Gasteiger charge is 2.38. The van der Waals surface area contributed by atoms with Crippen molar-refractivity contribution >= 4 is 40.7 Å².